The monoisotopic (exact) mass is 264 g/mol. The van der Waals surface area contributed by atoms with Gasteiger partial charge in [0.15, 0.2) is 0 Å². The Kier molecular flexibility index (Phi) is 5.37. The van der Waals surface area contributed by atoms with Crippen LogP contribution in [0, 0.1) is 5.92 Å². The zero-order valence-corrected chi connectivity index (χ0v) is 11.8. The minimum Gasteiger partial charge on any atom is -0.396 e. The Bertz CT molecular complexity index is 332. The van der Waals surface area contributed by atoms with Gasteiger partial charge < -0.3 is 5.11 Å². The van der Waals surface area contributed by atoms with E-state index >= 15 is 0 Å². The van der Waals surface area contributed by atoms with Crippen LogP contribution in [0.15, 0.2) is 0 Å². The highest BCUT2D eigenvalue weighted by molar-refractivity contribution is 7.86. The zero-order chi connectivity index (χ0) is 13.1. The standard InChI is InChI=1S/C11H24N2O3S/c1-10-5-7-13(11(2)9-10)17(15,16)12(3)6-4-8-14/h10-11,14H,4-9H2,1-3H3. The minimum absolute atomic E-state index is 0.0203. The second-order valence-corrected chi connectivity index (χ2v) is 6.98. The third-order valence-corrected chi connectivity index (χ3v) is 5.50. The molecule has 102 valence electrons. The number of aliphatic hydroxyl groups excluding tert-OH is 1. The van der Waals surface area contributed by atoms with E-state index in [1.807, 2.05) is 6.92 Å². The highest BCUT2D eigenvalue weighted by atomic mass is 32.2. The molecule has 2 atom stereocenters. The van der Waals surface area contributed by atoms with Gasteiger partial charge in [-0.3, -0.25) is 0 Å². The lowest BCUT2D eigenvalue weighted by Gasteiger charge is -2.37. The molecule has 1 N–H and O–H groups in total. The second kappa shape index (κ2) is 6.13. The molecule has 0 aliphatic carbocycles. The summed E-state index contributed by atoms with van der Waals surface area (Å²) < 4.78 is 27.5. The topological polar surface area (TPSA) is 60.9 Å². The van der Waals surface area contributed by atoms with Gasteiger partial charge in [0.1, 0.15) is 0 Å². The van der Waals surface area contributed by atoms with Crippen LogP contribution in [0.2, 0.25) is 0 Å². The maximum Gasteiger partial charge on any atom is 0.281 e. The van der Waals surface area contributed by atoms with E-state index in [0.717, 1.165) is 12.8 Å². The van der Waals surface area contributed by atoms with Crippen molar-refractivity contribution in [3.8, 4) is 0 Å². The van der Waals surface area contributed by atoms with Crippen molar-refractivity contribution in [1.29, 1.82) is 0 Å². The molecule has 1 aliphatic rings. The molecule has 1 rings (SSSR count). The van der Waals surface area contributed by atoms with Gasteiger partial charge in [-0.25, -0.2) is 0 Å². The van der Waals surface area contributed by atoms with Crippen LogP contribution in [-0.4, -0.2) is 54.9 Å². The first-order valence-corrected chi connectivity index (χ1v) is 7.63. The van der Waals surface area contributed by atoms with Crippen LogP contribution >= 0.6 is 0 Å². The third-order valence-electron chi connectivity index (χ3n) is 3.40. The summed E-state index contributed by atoms with van der Waals surface area (Å²) in [7, 11) is -1.77. The molecule has 0 amide bonds. The first-order valence-electron chi connectivity index (χ1n) is 6.23. The molecule has 0 aromatic heterocycles. The highest BCUT2D eigenvalue weighted by Gasteiger charge is 2.34. The van der Waals surface area contributed by atoms with E-state index in [-0.39, 0.29) is 12.6 Å². The van der Waals surface area contributed by atoms with Crippen LogP contribution in [-0.2, 0) is 10.2 Å². The lowest BCUT2D eigenvalue weighted by atomic mass is 9.95. The molecule has 1 aliphatic heterocycles. The Morgan fingerprint density at radius 2 is 2.06 bits per heavy atom. The maximum atomic E-state index is 12.3. The number of hydrogen-bond donors (Lipinski definition) is 1. The van der Waals surface area contributed by atoms with Gasteiger partial charge in [-0.05, 0) is 32.1 Å². The molecule has 0 aromatic rings. The van der Waals surface area contributed by atoms with E-state index in [0.29, 0.717) is 25.4 Å². The minimum atomic E-state index is -3.35. The van der Waals surface area contributed by atoms with Crippen molar-refractivity contribution in [1.82, 2.24) is 8.61 Å². The van der Waals surface area contributed by atoms with Gasteiger partial charge >= 0.3 is 0 Å². The Morgan fingerprint density at radius 3 is 2.59 bits per heavy atom. The summed E-state index contributed by atoms with van der Waals surface area (Å²) in [6, 6.07) is 0.0697. The molecule has 1 fully saturated rings. The normalized spacial score (nSPS) is 27.6. The molecule has 6 heteroatoms. The van der Waals surface area contributed by atoms with Crippen molar-refractivity contribution in [2.75, 3.05) is 26.7 Å². The van der Waals surface area contributed by atoms with Crippen molar-refractivity contribution in [2.45, 2.75) is 39.2 Å². The van der Waals surface area contributed by atoms with E-state index in [4.69, 9.17) is 5.11 Å². The van der Waals surface area contributed by atoms with Crippen LogP contribution in [0.3, 0.4) is 0 Å². The number of rotatable bonds is 5. The summed E-state index contributed by atoms with van der Waals surface area (Å²) in [5.41, 5.74) is 0. The summed E-state index contributed by atoms with van der Waals surface area (Å²) in [4.78, 5) is 0. The van der Waals surface area contributed by atoms with E-state index in [9.17, 15) is 8.42 Å². The van der Waals surface area contributed by atoms with Gasteiger partial charge in [0, 0.05) is 32.8 Å². The molecule has 0 saturated carbocycles. The maximum absolute atomic E-state index is 12.3. The fraction of sp³-hybridized carbons (Fsp3) is 1.00. The van der Waals surface area contributed by atoms with E-state index < -0.39 is 10.2 Å². The second-order valence-electron chi connectivity index (χ2n) is 5.00. The fourth-order valence-corrected chi connectivity index (χ4v) is 3.91. The predicted octanol–water partition coefficient (Wildman–Crippen LogP) is 0.666. The SMILES string of the molecule is CC1CCN(S(=O)(=O)N(C)CCCO)C(C)C1. The van der Waals surface area contributed by atoms with Crippen LogP contribution in [0.5, 0.6) is 0 Å². The van der Waals surface area contributed by atoms with Crippen LogP contribution in [0.1, 0.15) is 33.1 Å². The van der Waals surface area contributed by atoms with Crippen molar-refractivity contribution in [3.05, 3.63) is 0 Å². The van der Waals surface area contributed by atoms with Gasteiger partial charge in [0.05, 0.1) is 0 Å². The van der Waals surface area contributed by atoms with Gasteiger partial charge in [-0.15, -0.1) is 0 Å². The van der Waals surface area contributed by atoms with E-state index in [1.54, 1.807) is 11.4 Å². The third kappa shape index (κ3) is 3.64. The zero-order valence-electron chi connectivity index (χ0n) is 11.0. The first kappa shape index (κ1) is 14.9. The first-order chi connectivity index (χ1) is 7.89. The summed E-state index contributed by atoms with van der Waals surface area (Å²) in [6.07, 6.45) is 2.33. The molecular weight excluding hydrogens is 240 g/mol. The van der Waals surface area contributed by atoms with E-state index in [2.05, 4.69) is 6.92 Å². The largest absolute Gasteiger partial charge is 0.396 e. The number of aliphatic hydroxyl groups is 1. The molecular formula is C11H24N2O3S. The lowest BCUT2D eigenvalue weighted by Crippen LogP contribution is -2.50. The van der Waals surface area contributed by atoms with Gasteiger partial charge in [-0.2, -0.15) is 17.0 Å². The Hall–Kier alpha value is -0.170. The molecule has 5 nitrogen and oxygen atoms in total. The molecule has 1 saturated heterocycles. The van der Waals surface area contributed by atoms with Gasteiger partial charge in [0.2, 0.25) is 0 Å². The fourth-order valence-electron chi connectivity index (χ4n) is 2.32. The molecule has 0 spiro atoms. The predicted molar refractivity (Wildman–Crippen MR) is 67.8 cm³/mol. The number of piperidine rings is 1. The summed E-state index contributed by atoms with van der Waals surface area (Å²) in [6.45, 7) is 5.13. The lowest BCUT2D eigenvalue weighted by molar-refractivity contribution is 0.205. The van der Waals surface area contributed by atoms with Crippen molar-refractivity contribution in [3.63, 3.8) is 0 Å². The highest BCUT2D eigenvalue weighted by Crippen LogP contribution is 2.25. The molecule has 0 aromatic carbocycles. The average Bonchev–Trinajstić information content (AvgIpc) is 2.25. The Balaban J connectivity index is 2.69. The van der Waals surface area contributed by atoms with Gasteiger partial charge in [0.25, 0.3) is 10.2 Å². The summed E-state index contributed by atoms with van der Waals surface area (Å²) in [5.74, 6) is 0.596. The molecule has 17 heavy (non-hydrogen) atoms. The Labute approximate surface area is 105 Å². The summed E-state index contributed by atoms with van der Waals surface area (Å²) >= 11 is 0. The molecule has 0 radical (unpaired) electrons. The van der Waals surface area contributed by atoms with Crippen LogP contribution in [0.25, 0.3) is 0 Å². The summed E-state index contributed by atoms with van der Waals surface area (Å²) in [5, 5.41) is 8.74. The molecule has 0 bridgehead atoms. The van der Waals surface area contributed by atoms with Crippen LogP contribution < -0.4 is 0 Å². The van der Waals surface area contributed by atoms with Crippen molar-refractivity contribution >= 4 is 10.2 Å². The Morgan fingerprint density at radius 1 is 1.41 bits per heavy atom. The molecule has 2 unspecified atom stereocenters. The quantitative estimate of drug-likeness (QED) is 0.794. The van der Waals surface area contributed by atoms with Crippen molar-refractivity contribution in [2.24, 2.45) is 5.92 Å². The van der Waals surface area contributed by atoms with E-state index in [1.165, 1.54) is 4.31 Å². The number of hydrogen-bond acceptors (Lipinski definition) is 3. The number of nitrogens with zero attached hydrogens (tertiary/aromatic N) is 2. The molecule has 1 heterocycles. The van der Waals surface area contributed by atoms with Gasteiger partial charge in [-0.1, -0.05) is 6.92 Å². The van der Waals surface area contributed by atoms with Crippen molar-refractivity contribution < 1.29 is 13.5 Å². The average molecular weight is 264 g/mol. The van der Waals surface area contributed by atoms with Crippen LogP contribution in [0.4, 0.5) is 0 Å². The smallest absolute Gasteiger partial charge is 0.281 e.